The van der Waals surface area contributed by atoms with Crippen molar-refractivity contribution in [3.8, 4) is 5.75 Å². The first-order valence-electron chi connectivity index (χ1n) is 12.2. The van der Waals surface area contributed by atoms with E-state index in [-0.39, 0.29) is 16.8 Å². The molecule has 0 spiro atoms. The number of para-hydroxylation sites is 1. The minimum Gasteiger partial charge on any atom is -0.494 e. The van der Waals surface area contributed by atoms with Gasteiger partial charge in [0.15, 0.2) is 0 Å². The Bertz CT molecular complexity index is 1320. The van der Waals surface area contributed by atoms with Crippen LogP contribution < -0.4 is 19.7 Å². The maximum absolute atomic E-state index is 13.6. The number of rotatable bonds is 11. The lowest BCUT2D eigenvalue weighted by Gasteiger charge is -2.24. The van der Waals surface area contributed by atoms with Crippen molar-refractivity contribution in [2.75, 3.05) is 22.8 Å². The van der Waals surface area contributed by atoms with Gasteiger partial charge in [0.25, 0.3) is 15.9 Å². The molecule has 37 heavy (non-hydrogen) atoms. The van der Waals surface area contributed by atoms with Crippen LogP contribution in [-0.4, -0.2) is 39.4 Å². The molecule has 2 N–H and O–H groups in total. The number of carbonyl (C=O) groups excluding carboxylic acids is 2. The average molecular weight is 524 g/mol. The smallest absolute Gasteiger partial charge is 0.264 e. The van der Waals surface area contributed by atoms with Crippen molar-refractivity contribution in [2.24, 2.45) is 0 Å². The number of nitrogens with one attached hydrogen (secondary N) is 2. The second-order valence-corrected chi connectivity index (χ2v) is 10.5. The molecule has 196 valence electrons. The molecule has 0 heterocycles. The number of benzene rings is 3. The van der Waals surface area contributed by atoms with Crippen molar-refractivity contribution in [1.82, 2.24) is 5.32 Å². The molecular weight excluding hydrogens is 490 g/mol. The molecule has 3 aromatic carbocycles. The minimum atomic E-state index is -4.08. The van der Waals surface area contributed by atoms with E-state index in [2.05, 4.69) is 10.6 Å². The van der Waals surface area contributed by atoms with E-state index < -0.39 is 22.5 Å². The predicted octanol–water partition coefficient (Wildman–Crippen LogP) is 4.76. The molecule has 0 bridgehead atoms. The summed E-state index contributed by atoms with van der Waals surface area (Å²) in [6.07, 6.45) is 0.758. The third kappa shape index (κ3) is 7.10. The Hall–Kier alpha value is -3.85. The third-order valence-electron chi connectivity index (χ3n) is 5.77. The zero-order chi connectivity index (χ0) is 27.0. The van der Waals surface area contributed by atoms with Crippen molar-refractivity contribution in [3.63, 3.8) is 0 Å². The molecule has 3 aromatic rings. The molecular formula is C28H33N3O5S. The molecule has 3 rings (SSSR count). The molecule has 9 heteroatoms. The summed E-state index contributed by atoms with van der Waals surface area (Å²) in [6.45, 7) is 7.55. The van der Waals surface area contributed by atoms with Gasteiger partial charge in [-0.05, 0) is 75.7 Å². The van der Waals surface area contributed by atoms with Crippen LogP contribution in [0.2, 0.25) is 0 Å². The number of hydrogen-bond acceptors (Lipinski definition) is 5. The lowest BCUT2D eigenvalue weighted by Crippen LogP contribution is -2.38. The number of sulfonamides is 1. The Balaban J connectivity index is 1.91. The number of anilines is 2. The standard InChI is InChI=1S/C28H33N3O5S/c1-5-21(4)29-28(33)25-9-7-8-10-26(25)30-27(32)19-31(22-13-15-23(16-14-22)36-6-2)37(34,35)24-17-11-20(3)12-18-24/h7-18,21H,5-6,19H2,1-4H3,(H,29,33)(H,30,32)/t21-/m0/s1. The molecule has 0 aliphatic carbocycles. The molecule has 0 saturated heterocycles. The summed E-state index contributed by atoms with van der Waals surface area (Å²) in [6, 6.07) is 19.5. The highest BCUT2D eigenvalue weighted by Crippen LogP contribution is 2.26. The van der Waals surface area contributed by atoms with Gasteiger partial charge >= 0.3 is 0 Å². The molecule has 1 atom stereocenters. The SMILES string of the molecule is CCOc1ccc(N(CC(=O)Nc2ccccc2C(=O)N[C@@H](C)CC)S(=O)(=O)c2ccc(C)cc2)cc1. The number of hydrogen-bond donors (Lipinski definition) is 2. The Morgan fingerprint density at radius 1 is 0.946 bits per heavy atom. The fourth-order valence-electron chi connectivity index (χ4n) is 3.54. The van der Waals surface area contributed by atoms with Gasteiger partial charge in [-0.15, -0.1) is 0 Å². The Labute approximate surface area is 218 Å². The van der Waals surface area contributed by atoms with Gasteiger partial charge in [0.05, 0.1) is 28.4 Å². The highest BCUT2D eigenvalue weighted by molar-refractivity contribution is 7.92. The normalized spacial score (nSPS) is 11.9. The first kappa shape index (κ1) is 27.7. The van der Waals surface area contributed by atoms with Gasteiger partial charge in [0, 0.05) is 6.04 Å². The molecule has 0 aliphatic heterocycles. The van der Waals surface area contributed by atoms with Crippen molar-refractivity contribution in [3.05, 3.63) is 83.9 Å². The van der Waals surface area contributed by atoms with Crippen molar-refractivity contribution in [2.45, 2.75) is 45.1 Å². The fourth-order valence-corrected chi connectivity index (χ4v) is 4.96. The van der Waals surface area contributed by atoms with Crippen LogP contribution in [0.25, 0.3) is 0 Å². The van der Waals surface area contributed by atoms with Crippen molar-refractivity contribution >= 4 is 33.2 Å². The van der Waals surface area contributed by atoms with Crippen LogP contribution in [0.3, 0.4) is 0 Å². The number of amides is 2. The van der Waals surface area contributed by atoms with Crippen LogP contribution in [-0.2, 0) is 14.8 Å². The Morgan fingerprint density at radius 2 is 1.59 bits per heavy atom. The number of ether oxygens (including phenoxy) is 1. The molecule has 0 radical (unpaired) electrons. The van der Waals surface area contributed by atoms with Gasteiger partial charge in [-0.1, -0.05) is 36.8 Å². The first-order chi connectivity index (χ1) is 17.6. The van der Waals surface area contributed by atoms with Crippen molar-refractivity contribution in [1.29, 1.82) is 0 Å². The van der Waals surface area contributed by atoms with E-state index in [4.69, 9.17) is 4.74 Å². The van der Waals surface area contributed by atoms with Crippen LogP contribution >= 0.6 is 0 Å². The van der Waals surface area contributed by atoms with Crippen LogP contribution in [0, 0.1) is 6.92 Å². The summed E-state index contributed by atoms with van der Waals surface area (Å²) in [5.74, 6) is -0.320. The predicted molar refractivity (Wildman–Crippen MR) is 146 cm³/mol. The second-order valence-electron chi connectivity index (χ2n) is 8.63. The third-order valence-corrected chi connectivity index (χ3v) is 7.56. The highest BCUT2D eigenvalue weighted by Gasteiger charge is 2.28. The largest absolute Gasteiger partial charge is 0.494 e. The minimum absolute atomic E-state index is 0.0361. The van der Waals surface area contributed by atoms with Crippen LogP contribution in [0.15, 0.2) is 77.7 Å². The topological polar surface area (TPSA) is 105 Å². The summed E-state index contributed by atoms with van der Waals surface area (Å²) in [4.78, 5) is 26.0. The summed E-state index contributed by atoms with van der Waals surface area (Å²) in [5, 5.41) is 5.60. The quantitative estimate of drug-likeness (QED) is 0.377. The second kappa shape index (κ2) is 12.4. The van der Waals surface area contributed by atoms with Crippen LogP contribution in [0.1, 0.15) is 43.1 Å². The monoisotopic (exact) mass is 523 g/mol. The molecule has 2 amide bonds. The lowest BCUT2D eigenvalue weighted by atomic mass is 10.1. The van der Waals surface area contributed by atoms with Gasteiger partial charge in [-0.2, -0.15) is 0 Å². The number of carbonyl (C=O) groups is 2. The van der Waals surface area contributed by atoms with E-state index in [0.717, 1.165) is 16.3 Å². The average Bonchev–Trinajstić information content (AvgIpc) is 2.88. The number of aryl methyl sites for hydroxylation is 1. The van der Waals surface area contributed by atoms with Gasteiger partial charge in [-0.25, -0.2) is 8.42 Å². The van der Waals surface area contributed by atoms with Gasteiger partial charge < -0.3 is 15.4 Å². The maximum atomic E-state index is 13.6. The fraction of sp³-hybridized carbons (Fsp3) is 0.286. The van der Waals surface area contributed by atoms with E-state index in [1.165, 1.54) is 12.1 Å². The molecule has 0 aliphatic rings. The van der Waals surface area contributed by atoms with E-state index in [9.17, 15) is 18.0 Å². The molecule has 0 unspecified atom stereocenters. The van der Waals surface area contributed by atoms with Gasteiger partial charge in [0.2, 0.25) is 5.91 Å². The summed E-state index contributed by atoms with van der Waals surface area (Å²) in [7, 11) is -4.08. The van der Waals surface area contributed by atoms with Gasteiger partial charge in [0.1, 0.15) is 12.3 Å². The maximum Gasteiger partial charge on any atom is 0.264 e. The molecule has 0 saturated carbocycles. The van der Waals surface area contributed by atoms with E-state index >= 15 is 0 Å². The van der Waals surface area contributed by atoms with E-state index in [0.29, 0.717) is 29.3 Å². The highest BCUT2D eigenvalue weighted by atomic mass is 32.2. The molecule has 0 fully saturated rings. The zero-order valence-corrected chi connectivity index (χ0v) is 22.3. The summed E-state index contributed by atoms with van der Waals surface area (Å²) < 4.78 is 33.8. The van der Waals surface area contributed by atoms with Crippen LogP contribution in [0.4, 0.5) is 11.4 Å². The van der Waals surface area contributed by atoms with E-state index in [1.807, 2.05) is 27.7 Å². The summed E-state index contributed by atoms with van der Waals surface area (Å²) in [5.41, 5.74) is 1.82. The summed E-state index contributed by atoms with van der Waals surface area (Å²) >= 11 is 0. The van der Waals surface area contributed by atoms with E-state index in [1.54, 1.807) is 60.7 Å². The van der Waals surface area contributed by atoms with Crippen molar-refractivity contribution < 1.29 is 22.7 Å². The lowest BCUT2D eigenvalue weighted by molar-refractivity contribution is -0.114. The van der Waals surface area contributed by atoms with Gasteiger partial charge in [-0.3, -0.25) is 13.9 Å². The zero-order valence-electron chi connectivity index (χ0n) is 21.5. The molecule has 8 nitrogen and oxygen atoms in total. The Morgan fingerprint density at radius 3 is 2.22 bits per heavy atom. The van der Waals surface area contributed by atoms with Crippen LogP contribution in [0.5, 0.6) is 5.75 Å². The number of nitrogens with zero attached hydrogens (tertiary/aromatic N) is 1. The Kier molecular flexibility index (Phi) is 9.30. The first-order valence-corrected chi connectivity index (χ1v) is 13.6. The molecule has 0 aromatic heterocycles.